The smallest absolute Gasteiger partial charge is 0.253 e. The lowest BCUT2D eigenvalue weighted by Gasteiger charge is -2.21. The van der Waals surface area contributed by atoms with E-state index in [2.05, 4.69) is 5.32 Å². The molecule has 0 aliphatic heterocycles. The Hall–Kier alpha value is -2.04. The Morgan fingerprint density at radius 2 is 2.12 bits per heavy atom. The van der Waals surface area contributed by atoms with Gasteiger partial charge in [0.25, 0.3) is 5.91 Å². The van der Waals surface area contributed by atoms with Gasteiger partial charge in [-0.2, -0.15) is 4.73 Å². The average Bonchev–Trinajstić information content (AvgIpc) is 2.96. The van der Waals surface area contributed by atoms with Crippen molar-refractivity contribution in [2.75, 3.05) is 13.2 Å². The summed E-state index contributed by atoms with van der Waals surface area (Å²) in [5.74, 6) is 0.0725. The van der Waals surface area contributed by atoms with Crippen molar-refractivity contribution >= 4 is 16.8 Å². The molecule has 1 heterocycles. The van der Waals surface area contributed by atoms with Crippen LogP contribution >= 0.6 is 0 Å². The highest BCUT2D eigenvalue weighted by Crippen LogP contribution is 2.26. The number of nitrogens with one attached hydrogen (secondary N) is 1. The van der Waals surface area contributed by atoms with E-state index in [-0.39, 0.29) is 5.91 Å². The van der Waals surface area contributed by atoms with Crippen LogP contribution in [-0.4, -0.2) is 23.8 Å². The van der Waals surface area contributed by atoms with Crippen LogP contribution in [0.15, 0.2) is 24.4 Å². The van der Waals surface area contributed by atoms with E-state index in [1.54, 1.807) is 18.3 Å². The van der Waals surface area contributed by atoms with Crippen LogP contribution in [0.4, 0.5) is 4.39 Å². The first-order valence-electron chi connectivity index (χ1n) is 8.91. The van der Waals surface area contributed by atoms with Crippen molar-refractivity contribution in [2.24, 2.45) is 5.92 Å². The molecule has 1 aliphatic carbocycles. The summed E-state index contributed by atoms with van der Waals surface area (Å²) >= 11 is 0. The Morgan fingerprint density at radius 1 is 1.33 bits per heavy atom. The molecule has 24 heavy (non-hydrogen) atoms. The minimum Gasteiger partial charge on any atom is -0.414 e. The SMILES string of the molecule is CCOn1cc(C(=O)NCCC2CCCCC2)c2c(F)cccc21. The summed E-state index contributed by atoms with van der Waals surface area (Å²) in [7, 11) is 0. The van der Waals surface area contributed by atoms with Crippen molar-refractivity contribution in [1.29, 1.82) is 0 Å². The molecular weight excluding hydrogens is 307 g/mol. The topological polar surface area (TPSA) is 43.3 Å². The van der Waals surface area contributed by atoms with Crippen molar-refractivity contribution in [3.8, 4) is 0 Å². The van der Waals surface area contributed by atoms with Crippen molar-refractivity contribution in [1.82, 2.24) is 10.0 Å². The van der Waals surface area contributed by atoms with Gasteiger partial charge in [-0.1, -0.05) is 38.2 Å². The number of hydrogen-bond acceptors (Lipinski definition) is 2. The quantitative estimate of drug-likeness (QED) is 0.871. The van der Waals surface area contributed by atoms with Gasteiger partial charge in [0.05, 0.1) is 22.7 Å². The van der Waals surface area contributed by atoms with E-state index in [1.165, 1.54) is 42.9 Å². The zero-order valence-corrected chi connectivity index (χ0v) is 14.2. The van der Waals surface area contributed by atoms with E-state index >= 15 is 0 Å². The molecule has 1 aromatic heterocycles. The van der Waals surface area contributed by atoms with Gasteiger partial charge in [-0.3, -0.25) is 4.79 Å². The highest BCUT2D eigenvalue weighted by Gasteiger charge is 2.19. The number of carbonyl (C=O) groups excluding carboxylic acids is 1. The van der Waals surface area contributed by atoms with Crippen LogP contribution in [0.25, 0.3) is 10.9 Å². The molecule has 1 saturated carbocycles. The maximum absolute atomic E-state index is 14.2. The second-order valence-electron chi connectivity index (χ2n) is 6.47. The van der Waals surface area contributed by atoms with Gasteiger partial charge in [-0.15, -0.1) is 0 Å². The largest absolute Gasteiger partial charge is 0.414 e. The molecule has 1 fully saturated rings. The molecule has 1 amide bonds. The van der Waals surface area contributed by atoms with Gasteiger partial charge >= 0.3 is 0 Å². The van der Waals surface area contributed by atoms with Crippen LogP contribution in [0.2, 0.25) is 0 Å². The van der Waals surface area contributed by atoms with E-state index in [1.807, 2.05) is 6.92 Å². The number of fused-ring (bicyclic) bond motifs is 1. The van der Waals surface area contributed by atoms with Crippen LogP contribution in [0.5, 0.6) is 0 Å². The Labute approximate surface area is 141 Å². The van der Waals surface area contributed by atoms with Crippen LogP contribution in [-0.2, 0) is 0 Å². The van der Waals surface area contributed by atoms with E-state index in [4.69, 9.17) is 4.84 Å². The first-order chi connectivity index (χ1) is 11.7. The van der Waals surface area contributed by atoms with Crippen LogP contribution in [0, 0.1) is 11.7 Å². The highest BCUT2D eigenvalue weighted by molar-refractivity contribution is 6.07. The molecule has 3 rings (SSSR count). The minimum atomic E-state index is -0.400. The molecule has 0 atom stereocenters. The summed E-state index contributed by atoms with van der Waals surface area (Å²) in [4.78, 5) is 18.0. The minimum absolute atomic E-state index is 0.237. The molecule has 0 saturated heterocycles. The van der Waals surface area contributed by atoms with Crippen LogP contribution < -0.4 is 10.2 Å². The van der Waals surface area contributed by atoms with Gasteiger partial charge in [-0.25, -0.2) is 4.39 Å². The van der Waals surface area contributed by atoms with E-state index < -0.39 is 5.82 Å². The molecule has 0 spiro atoms. The Kier molecular flexibility index (Phi) is 5.38. The monoisotopic (exact) mass is 332 g/mol. The van der Waals surface area contributed by atoms with Crippen molar-refractivity contribution in [2.45, 2.75) is 45.4 Å². The molecule has 0 unspecified atom stereocenters. The Bertz CT molecular complexity index is 705. The summed E-state index contributed by atoms with van der Waals surface area (Å²) in [6, 6.07) is 4.75. The number of amides is 1. The van der Waals surface area contributed by atoms with Crippen LogP contribution in [0.3, 0.4) is 0 Å². The predicted octanol–water partition coefficient (Wildman–Crippen LogP) is 3.93. The number of hydrogen-bond donors (Lipinski definition) is 1. The molecule has 1 aliphatic rings. The predicted molar refractivity (Wildman–Crippen MR) is 92.5 cm³/mol. The van der Waals surface area contributed by atoms with E-state index in [0.717, 1.165) is 6.42 Å². The third kappa shape index (κ3) is 3.55. The second kappa shape index (κ2) is 7.69. The number of nitrogens with zero attached hydrogens (tertiary/aromatic N) is 1. The van der Waals surface area contributed by atoms with Gasteiger partial charge in [0.1, 0.15) is 12.4 Å². The second-order valence-corrected chi connectivity index (χ2v) is 6.47. The summed E-state index contributed by atoms with van der Waals surface area (Å²) in [6.45, 7) is 2.94. The molecule has 5 heteroatoms. The summed E-state index contributed by atoms with van der Waals surface area (Å²) in [5.41, 5.74) is 0.912. The molecule has 2 aromatic rings. The third-order valence-corrected chi connectivity index (χ3v) is 4.82. The molecule has 0 radical (unpaired) electrons. The molecule has 130 valence electrons. The van der Waals surface area contributed by atoms with Gasteiger partial charge < -0.3 is 10.2 Å². The first-order valence-corrected chi connectivity index (χ1v) is 8.91. The van der Waals surface area contributed by atoms with Crippen molar-refractivity contribution < 1.29 is 14.0 Å². The normalized spacial score (nSPS) is 15.6. The van der Waals surface area contributed by atoms with Gasteiger partial charge in [0.2, 0.25) is 0 Å². The Balaban J connectivity index is 1.72. The maximum Gasteiger partial charge on any atom is 0.253 e. The molecule has 1 aromatic carbocycles. The number of carbonyl (C=O) groups is 1. The van der Waals surface area contributed by atoms with Crippen molar-refractivity contribution in [3.63, 3.8) is 0 Å². The zero-order valence-electron chi connectivity index (χ0n) is 14.2. The fourth-order valence-corrected chi connectivity index (χ4v) is 3.59. The van der Waals surface area contributed by atoms with Gasteiger partial charge in [-0.05, 0) is 31.4 Å². The standard InChI is InChI=1S/C19H25FN2O2/c1-2-24-22-13-15(18-16(20)9-6-10-17(18)22)19(23)21-12-11-14-7-4-3-5-8-14/h6,9-10,13-14H,2-5,7-8,11-12H2,1H3,(H,21,23). The molecule has 0 bridgehead atoms. The molecular formula is C19H25FN2O2. The lowest BCUT2D eigenvalue weighted by Crippen LogP contribution is -2.26. The van der Waals surface area contributed by atoms with Crippen molar-refractivity contribution in [3.05, 3.63) is 35.8 Å². The highest BCUT2D eigenvalue weighted by atomic mass is 19.1. The lowest BCUT2D eigenvalue weighted by atomic mass is 9.87. The molecule has 1 N–H and O–H groups in total. The fraction of sp³-hybridized carbons (Fsp3) is 0.526. The lowest BCUT2D eigenvalue weighted by molar-refractivity contribution is 0.0946. The van der Waals surface area contributed by atoms with E-state index in [0.29, 0.717) is 35.5 Å². The third-order valence-electron chi connectivity index (χ3n) is 4.82. The van der Waals surface area contributed by atoms with Crippen LogP contribution in [0.1, 0.15) is 55.8 Å². The average molecular weight is 332 g/mol. The summed E-state index contributed by atoms with van der Waals surface area (Å²) in [6.07, 6.45) is 9.02. The maximum atomic E-state index is 14.2. The van der Waals surface area contributed by atoms with E-state index in [9.17, 15) is 9.18 Å². The summed E-state index contributed by atoms with van der Waals surface area (Å²) < 4.78 is 15.7. The summed E-state index contributed by atoms with van der Waals surface area (Å²) in [5, 5.41) is 3.27. The first kappa shape index (κ1) is 16.8. The zero-order chi connectivity index (χ0) is 16.9. The van der Waals surface area contributed by atoms with Gasteiger partial charge in [0, 0.05) is 6.54 Å². The molecule has 4 nitrogen and oxygen atoms in total. The fourth-order valence-electron chi connectivity index (χ4n) is 3.59. The number of benzene rings is 1. The van der Waals surface area contributed by atoms with Gasteiger partial charge in [0.15, 0.2) is 0 Å². The number of halogens is 1. The number of rotatable bonds is 6. The Morgan fingerprint density at radius 3 is 2.88 bits per heavy atom. The number of aromatic nitrogens is 1.